The topological polar surface area (TPSA) is 97.7 Å². The van der Waals surface area contributed by atoms with E-state index >= 15 is 0 Å². The first-order chi connectivity index (χ1) is 15.0. The first-order valence-electron chi connectivity index (χ1n) is 9.46. The number of nitrogens with zero attached hydrogens (tertiary/aromatic N) is 1. The van der Waals surface area contributed by atoms with Crippen molar-refractivity contribution in [3.8, 4) is 29.1 Å². The van der Waals surface area contributed by atoms with E-state index in [1.807, 2.05) is 0 Å². The highest BCUT2D eigenvalue weighted by atomic mass is 19.1. The minimum Gasteiger partial charge on any atom is -0.508 e. The molecule has 7 heteroatoms. The van der Waals surface area contributed by atoms with E-state index in [0.717, 1.165) is 5.56 Å². The molecular weight excluding hydrogens is 399 g/mol. The molecule has 0 aromatic heterocycles. The first kappa shape index (κ1) is 20.1. The summed E-state index contributed by atoms with van der Waals surface area (Å²) >= 11 is 0. The van der Waals surface area contributed by atoms with Crippen molar-refractivity contribution in [3.05, 3.63) is 94.6 Å². The highest BCUT2D eigenvalue weighted by Crippen LogP contribution is 2.45. The van der Waals surface area contributed by atoms with Gasteiger partial charge in [0.05, 0.1) is 13.0 Å². The van der Waals surface area contributed by atoms with Crippen LogP contribution in [0.4, 0.5) is 4.39 Å². The number of hydrogen-bond acceptors (Lipinski definition) is 6. The zero-order valence-electron chi connectivity index (χ0n) is 16.6. The van der Waals surface area contributed by atoms with E-state index in [-0.39, 0.29) is 29.6 Å². The number of fused-ring (bicyclic) bond motifs is 1. The lowest BCUT2D eigenvalue weighted by molar-refractivity contribution is 0.279. The van der Waals surface area contributed by atoms with Gasteiger partial charge in [0, 0.05) is 17.2 Å². The van der Waals surface area contributed by atoms with Gasteiger partial charge < -0.3 is 25.1 Å². The van der Waals surface area contributed by atoms with Crippen molar-refractivity contribution >= 4 is 0 Å². The van der Waals surface area contributed by atoms with Gasteiger partial charge in [0.25, 0.3) is 0 Å². The molecule has 0 spiro atoms. The van der Waals surface area contributed by atoms with Gasteiger partial charge in [-0.1, -0.05) is 30.3 Å². The zero-order chi connectivity index (χ0) is 22.0. The third-order valence-electron chi connectivity index (χ3n) is 5.06. The standard InChI is InChI=1S/C24H19FN2O4/c1-29-22-10-14(6-9-20(22)30-13-15-4-2-3-5-19(15)25)23-17-8-7-16(28)11-21(17)31-24(27)18(23)12-26/h2-11,23,28H,13,27H2,1H3/t23-/m1/s1. The summed E-state index contributed by atoms with van der Waals surface area (Å²) in [5, 5.41) is 19.5. The smallest absolute Gasteiger partial charge is 0.205 e. The minimum absolute atomic E-state index is 0.0237. The minimum atomic E-state index is -0.510. The summed E-state index contributed by atoms with van der Waals surface area (Å²) in [5.41, 5.74) is 8.06. The number of nitriles is 1. The van der Waals surface area contributed by atoms with Crippen LogP contribution in [0.3, 0.4) is 0 Å². The van der Waals surface area contributed by atoms with Gasteiger partial charge in [0.2, 0.25) is 5.88 Å². The van der Waals surface area contributed by atoms with E-state index in [4.69, 9.17) is 19.9 Å². The van der Waals surface area contributed by atoms with E-state index in [9.17, 15) is 14.8 Å². The van der Waals surface area contributed by atoms with Crippen molar-refractivity contribution < 1.29 is 23.7 Å². The van der Waals surface area contributed by atoms with Gasteiger partial charge in [-0.15, -0.1) is 0 Å². The average Bonchev–Trinajstić information content (AvgIpc) is 2.77. The molecule has 0 radical (unpaired) electrons. The van der Waals surface area contributed by atoms with Gasteiger partial charge in [0.1, 0.15) is 35.6 Å². The Hall–Kier alpha value is -4.18. The van der Waals surface area contributed by atoms with Gasteiger partial charge in [0.15, 0.2) is 11.5 Å². The lowest BCUT2D eigenvalue weighted by Crippen LogP contribution is -2.21. The van der Waals surface area contributed by atoms with Crippen LogP contribution in [0, 0.1) is 17.1 Å². The number of allylic oxidation sites excluding steroid dienone is 1. The molecule has 0 amide bonds. The van der Waals surface area contributed by atoms with Crippen LogP contribution in [0.2, 0.25) is 0 Å². The number of aromatic hydroxyl groups is 1. The van der Waals surface area contributed by atoms with E-state index in [0.29, 0.717) is 28.4 Å². The number of halogens is 1. The van der Waals surface area contributed by atoms with Crippen LogP contribution < -0.4 is 19.9 Å². The third-order valence-corrected chi connectivity index (χ3v) is 5.06. The number of methoxy groups -OCH3 is 1. The monoisotopic (exact) mass is 418 g/mol. The molecule has 3 aromatic carbocycles. The summed E-state index contributed by atoms with van der Waals surface area (Å²) in [7, 11) is 1.50. The van der Waals surface area contributed by atoms with Crippen molar-refractivity contribution in [2.45, 2.75) is 12.5 Å². The fourth-order valence-corrected chi connectivity index (χ4v) is 3.54. The summed E-state index contributed by atoms with van der Waals surface area (Å²) < 4.78 is 30.7. The molecule has 4 rings (SSSR count). The number of phenolic OH excluding ortho intramolecular Hbond substituents is 1. The Kier molecular flexibility index (Phi) is 5.37. The van der Waals surface area contributed by atoms with E-state index in [1.165, 1.54) is 25.3 Å². The van der Waals surface area contributed by atoms with Crippen LogP contribution in [0.25, 0.3) is 0 Å². The van der Waals surface area contributed by atoms with E-state index in [2.05, 4.69) is 6.07 Å². The Balaban J connectivity index is 1.70. The average molecular weight is 418 g/mol. The molecule has 0 saturated carbocycles. The summed E-state index contributed by atoms with van der Waals surface area (Å²) in [6.45, 7) is 0.0397. The zero-order valence-corrected chi connectivity index (χ0v) is 16.6. The number of benzene rings is 3. The number of hydrogen-bond donors (Lipinski definition) is 2. The summed E-state index contributed by atoms with van der Waals surface area (Å²) in [5.74, 6) is 0.382. The maximum Gasteiger partial charge on any atom is 0.205 e. The Morgan fingerprint density at radius 3 is 2.68 bits per heavy atom. The van der Waals surface area contributed by atoms with Gasteiger partial charge in [-0.25, -0.2) is 4.39 Å². The Labute approximate surface area is 178 Å². The van der Waals surface area contributed by atoms with Crippen LogP contribution in [-0.4, -0.2) is 12.2 Å². The van der Waals surface area contributed by atoms with Crippen LogP contribution in [0.1, 0.15) is 22.6 Å². The first-order valence-corrected chi connectivity index (χ1v) is 9.46. The predicted octanol–water partition coefficient (Wildman–Crippen LogP) is 4.34. The highest BCUT2D eigenvalue weighted by Gasteiger charge is 2.31. The van der Waals surface area contributed by atoms with Crippen molar-refractivity contribution in [2.24, 2.45) is 5.73 Å². The van der Waals surface area contributed by atoms with Gasteiger partial charge in [-0.05, 0) is 29.8 Å². The molecular formula is C24H19FN2O4. The summed E-state index contributed by atoms with van der Waals surface area (Å²) in [4.78, 5) is 0. The second kappa shape index (κ2) is 8.28. The van der Waals surface area contributed by atoms with Crippen molar-refractivity contribution in [1.82, 2.24) is 0 Å². The molecule has 0 fully saturated rings. The van der Waals surface area contributed by atoms with Crippen LogP contribution in [-0.2, 0) is 6.61 Å². The molecule has 3 N–H and O–H groups in total. The molecule has 31 heavy (non-hydrogen) atoms. The number of phenols is 1. The second-order valence-corrected chi connectivity index (χ2v) is 6.94. The predicted molar refractivity (Wildman–Crippen MR) is 111 cm³/mol. The molecule has 3 aromatic rings. The third kappa shape index (κ3) is 3.83. The van der Waals surface area contributed by atoms with Crippen LogP contribution in [0.15, 0.2) is 72.1 Å². The SMILES string of the molecule is COc1cc([C@H]2C(C#N)=C(N)Oc3cc(O)ccc32)ccc1OCc1ccccc1F. The van der Waals surface area contributed by atoms with Gasteiger partial charge >= 0.3 is 0 Å². The Morgan fingerprint density at radius 1 is 1.13 bits per heavy atom. The van der Waals surface area contributed by atoms with Gasteiger partial charge in [-0.2, -0.15) is 5.26 Å². The summed E-state index contributed by atoms with van der Waals surface area (Å²) in [6.07, 6.45) is 0. The molecule has 156 valence electrons. The molecule has 1 aliphatic heterocycles. The fourth-order valence-electron chi connectivity index (χ4n) is 3.54. The quantitative estimate of drug-likeness (QED) is 0.640. The summed E-state index contributed by atoms with van der Waals surface area (Å²) in [6, 6.07) is 18.4. The fraction of sp³-hybridized carbons (Fsp3) is 0.125. The highest BCUT2D eigenvalue weighted by molar-refractivity contribution is 5.58. The molecule has 0 saturated heterocycles. The van der Waals surface area contributed by atoms with Crippen LogP contribution in [0.5, 0.6) is 23.0 Å². The van der Waals surface area contributed by atoms with Crippen molar-refractivity contribution in [2.75, 3.05) is 7.11 Å². The van der Waals surface area contributed by atoms with Crippen molar-refractivity contribution in [1.29, 1.82) is 5.26 Å². The number of rotatable bonds is 5. The largest absolute Gasteiger partial charge is 0.508 e. The number of nitrogens with two attached hydrogens (primary N) is 1. The van der Waals surface area contributed by atoms with Crippen molar-refractivity contribution in [3.63, 3.8) is 0 Å². The van der Waals surface area contributed by atoms with E-state index < -0.39 is 5.92 Å². The Bertz CT molecular complexity index is 1220. The van der Waals surface area contributed by atoms with Gasteiger partial charge in [-0.3, -0.25) is 0 Å². The molecule has 0 bridgehead atoms. The lowest BCUT2D eigenvalue weighted by Gasteiger charge is -2.27. The second-order valence-electron chi connectivity index (χ2n) is 6.94. The molecule has 0 unspecified atom stereocenters. The maximum atomic E-state index is 13.9. The normalized spacial score (nSPS) is 14.9. The number of ether oxygens (including phenoxy) is 3. The molecule has 0 aliphatic carbocycles. The van der Waals surface area contributed by atoms with Crippen LogP contribution >= 0.6 is 0 Å². The maximum absolute atomic E-state index is 13.9. The Morgan fingerprint density at radius 2 is 1.94 bits per heavy atom. The molecule has 1 heterocycles. The van der Waals surface area contributed by atoms with E-state index in [1.54, 1.807) is 42.5 Å². The molecule has 1 atom stereocenters. The molecule has 1 aliphatic rings. The molecule has 6 nitrogen and oxygen atoms in total. The lowest BCUT2D eigenvalue weighted by atomic mass is 9.83.